The van der Waals surface area contributed by atoms with Crippen LogP contribution in [0.2, 0.25) is 0 Å². The molecule has 1 aliphatic heterocycles. The summed E-state index contributed by atoms with van der Waals surface area (Å²) in [6, 6.07) is 9.70. The zero-order chi connectivity index (χ0) is 24.1. The molecule has 0 spiro atoms. The molecule has 2 heterocycles. The maximum absolute atomic E-state index is 13.5. The van der Waals surface area contributed by atoms with Gasteiger partial charge in [-0.15, -0.1) is 11.3 Å². The Bertz CT molecular complexity index is 1070. The second-order valence-corrected chi connectivity index (χ2v) is 9.52. The van der Waals surface area contributed by atoms with Crippen LogP contribution in [0.15, 0.2) is 46.9 Å². The Hall–Kier alpha value is -3.11. The molecule has 10 heteroatoms. The second-order valence-electron chi connectivity index (χ2n) is 8.57. The fraction of sp³-hybridized carbons (Fsp3) is 0.458. The topological polar surface area (TPSA) is 105 Å². The molecule has 1 atom stereocenters. The molecular formula is C24H28N4O5S. The van der Waals surface area contributed by atoms with Crippen molar-refractivity contribution in [3.63, 3.8) is 0 Å². The monoisotopic (exact) mass is 484 g/mol. The van der Waals surface area contributed by atoms with Crippen molar-refractivity contribution in [1.82, 2.24) is 9.91 Å². The smallest absolute Gasteiger partial charge is 0.269 e. The first-order chi connectivity index (χ1) is 16.5. The predicted octanol–water partition coefficient (Wildman–Crippen LogP) is 4.00. The van der Waals surface area contributed by atoms with Gasteiger partial charge in [-0.3, -0.25) is 19.7 Å². The number of hydrazone groups is 1. The van der Waals surface area contributed by atoms with Crippen molar-refractivity contribution in [2.24, 2.45) is 11.0 Å². The SMILES string of the molecule is COCCN(CC(=O)N1N=C(c2cccs2)C[C@@H]1c1cccc([N+](=O)[O-])c1)C(=O)C1CCCC1. The zero-order valence-corrected chi connectivity index (χ0v) is 19.9. The van der Waals surface area contributed by atoms with Crippen molar-refractivity contribution >= 4 is 34.6 Å². The van der Waals surface area contributed by atoms with E-state index in [1.54, 1.807) is 24.1 Å². The number of carbonyl (C=O) groups excluding carboxylic acids is 2. The minimum absolute atomic E-state index is 0.0172. The minimum Gasteiger partial charge on any atom is -0.383 e. The Labute approximate surface area is 202 Å². The van der Waals surface area contributed by atoms with E-state index in [1.165, 1.54) is 28.5 Å². The van der Waals surface area contributed by atoms with Gasteiger partial charge in [0.05, 0.1) is 28.2 Å². The molecule has 1 aliphatic carbocycles. The molecule has 9 nitrogen and oxygen atoms in total. The van der Waals surface area contributed by atoms with Crippen molar-refractivity contribution in [2.45, 2.75) is 38.1 Å². The molecule has 34 heavy (non-hydrogen) atoms. The predicted molar refractivity (Wildman–Crippen MR) is 129 cm³/mol. The molecule has 0 N–H and O–H groups in total. The summed E-state index contributed by atoms with van der Waals surface area (Å²) in [5.41, 5.74) is 1.36. The Balaban J connectivity index is 1.60. The van der Waals surface area contributed by atoms with E-state index < -0.39 is 11.0 Å². The second kappa shape index (κ2) is 10.9. The van der Waals surface area contributed by atoms with Crippen molar-refractivity contribution in [3.05, 3.63) is 62.3 Å². The Kier molecular flexibility index (Phi) is 7.69. The van der Waals surface area contributed by atoms with Crippen LogP contribution in [0.25, 0.3) is 0 Å². The van der Waals surface area contributed by atoms with E-state index in [0.717, 1.165) is 36.3 Å². The fourth-order valence-electron chi connectivity index (χ4n) is 4.57. The molecule has 0 bridgehead atoms. The highest BCUT2D eigenvalue weighted by atomic mass is 32.1. The van der Waals surface area contributed by atoms with Gasteiger partial charge in [-0.2, -0.15) is 5.10 Å². The number of rotatable bonds is 9. The number of thiophene rings is 1. The van der Waals surface area contributed by atoms with Crippen molar-refractivity contribution in [2.75, 3.05) is 26.8 Å². The fourth-order valence-corrected chi connectivity index (χ4v) is 5.29. The van der Waals surface area contributed by atoms with Gasteiger partial charge in [0.1, 0.15) is 6.54 Å². The lowest BCUT2D eigenvalue weighted by Crippen LogP contribution is -2.44. The molecule has 1 aromatic heterocycles. The standard InChI is InChI=1S/C24H28N4O5S/c1-33-12-11-26(24(30)17-6-2-3-7-17)16-23(29)27-21(15-20(25-27)22-10-5-13-34-22)18-8-4-9-19(14-18)28(31)32/h4-5,8-10,13-14,17,21H,2-3,6-7,11-12,15-16H2,1H3/t21-/m1/s1. The van der Waals surface area contributed by atoms with Crippen molar-refractivity contribution < 1.29 is 19.2 Å². The van der Waals surface area contributed by atoms with Gasteiger partial charge < -0.3 is 9.64 Å². The van der Waals surface area contributed by atoms with Gasteiger partial charge in [0.2, 0.25) is 5.91 Å². The van der Waals surface area contributed by atoms with Gasteiger partial charge in [-0.1, -0.05) is 31.0 Å². The Morgan fingerprint density at radius 2 is 2.06 bits per heavy atom. The summed E-state index contributed by atoms with van der Waals surface area (Å²) in [7, 11) is 1.57. The summed E-state index contributed by atoms with van der Waals surface area (Å²) < 4.78 is 5.18. The quantitative estimate of drug-likeness (QED) is 0.395. The number of benzene rings is 1. The number of non-ortho nitro benzene ring substituents is 1. The van der Waals surface area contributed by atoms with Gasteiger partial charge >= 0.3 is 0 Å². The normalized spacial score (nSPS) is 18.2. The Morgan fingerprint density at radius 1 is 1.26 bits per heavy atom. The lowest BCUT2D eigenvalue weighted by Gasteiger charge is -2.28. The molecule has 180 valence electrons. The van der Waals surface area contributed by atoms with Crippen molar-refractivity contribution in [3.8, 4) is 0 Å². The molecule has 1 aromatic carbocycles. The maximum Gasteiger partial charge on any atom is 0.269 e. The molecule has 1 fully saturated rings. The highest BCUT2D eigenvalue weighted by Crippen LogP contribution is 2.35. The van der Waals surface area contributed by atoms with Gasteiger partial charge in [-0.25, -0.2) is 5.01 Å². The van der Waals surface area contributed by atoms with Crippen LogP contribution in [0.5, 0.6) is 0 Å². The third-order valence-corrected chi connectivity index (χ3v) is 7.26. The highest BCUT2D eigenvalue weighted by Gasteiger charge is 2.36. The molecule has 2 aromatic rings. The molecule has 2 aliphatic rings. The average molecular weight is 485 g/mol. The van der Waals surface area contributed by atoms with Crippen LogP contribution in [0, 0.1) is 16.0 Å². The molecule has 0 saturated heterocycles. The van der Waals surface area contributed by atoms with Crippen LogP contribution >= 0.6 is 11.3 Å². The summed E-state index contributed by atoms with van der Waals surface area (Å²) >= 11 is 1.53. The lowest BCUT2D eigenvalue weighted by molar-refractivity contribution is -0.385. The average Bonchev–Trinajstić information content (AvgIpc) is 3.62. The molecular weight excluding hydrogens is 456 g/mol. The van der Waals surface area contributed by atoms with Crippen LogP contribution < -0.4 is 0 Å². The number of nitrogens with zero attached hydrogens (tertiary/aromatic N) is 4. The highest BCUT2D eigenvalue weighted by molar-refractivity contribution is 7.12. The van der Waals surface area contributed by atoms with Crippen molar-refractivity contribution in [1.29, 1.82) is 0 Å². The summed E-state index contributed by atoms with van der Waals surface area (Å²) in [5.74, 6) is -0.386. The van der Waals surface area contributed by atoms with Gasteiger partial charge in [0, 0.05) is 38.1 Å². The number of hydrogen-bond donors (Lipinski definition) is 0. The van der Waals surface area contributed by atoms with E-state index >= 15 is 0 Å². The lowest BCUT2D eigenvalue weighted by atomic mass is 10.0. The number of nitro groups is 1. The number of nitro benzene ring substituents is 1. The molecule has 0 unspecified atom stereocenters. The van der Waals surface area contributed by atoms with Crippen LogP contribution in [0.3, 0.4) is 0 Å². The largest absolute Gasteiger partial charge is 0.383 e. The first-order valence-corrected chi connectivity index (χ1v) is 12.3. The minimum atomic E-state index is -0.477. The van der Waals surface area contributed by atoms with E-state index in [9.17, 15) is 19.7 Å². The maximum atomic E-state index is 13.5. The molecule has 4 rings (SSSR count). The Morgan fingerprint density at radius 3 is 2.74 bits per heavy atom. The van der Waals surface area contributed by atoms with Gasteiger partial charge in [0.25, 0.3) is 11.6 Å². The molecule has 1 saturated carbocycles. The van der Waals surface area contributed by atoms with Crippen LogP contribution in [0.1, 0.15) is 48.6 Å². The number of hydrogen-bond acceptors (Lipinski definition) is 7. The summed E-state index contributed by atoms with van der Waals surface area (Å²) in [6.07, 6.45) is 4.19. The number of ether oxygens (including phenoxy) is 1. The van der Waals surface area contributed by atoms with Crippen LogP contribution in [-0.2, 0) is 14.3 Å². The first-order valence-electron chi connectivity index (χ1n) is 11.4. The van der Waals surface area contributed by atoms with Crippen LogP contribution in [-0.4, -0.2) is 59.2 Å². The van der Waals surface area contributed by atoms with E-state index in [0.29, 0.717) is 25.1 Å². The number of methoxy groups -OCH3 is 1. The van der Waals surface area contributed by atoms with E-state index in [4.69, 9.17) is 4.74 Å². The number of amides is 2. The number of carbonyl (C=O) groups is 2. The molecule has 2 amide bonds. The third kappa shape index (κ3) is 5.34. The molecule has 0 radical (unpaired) electrons. The zero-order valence-electron chi connectivity index (χ0n) is 19.1. The summed E-state index contributed by atoms with van der Waals surface area (Å²) in [5, 5.41) is 19.3. The van der Waals surface area contributed by atoms with E-state index in [1.807, 2.05) is 17.5 Å². The first kappa shape index (κ1) is 24.0. The van der Waals surface area contributed by atoms with Gasteiger partial charge in [0.15, 0.2) is 0 Å². The third-order valence-electron chi connectivity index (χ3n) is 6.34. The van der Waals surface area contributed by atoms with Crippen LogP contribution in [0.4, 0.5) is 5.69 Å². The van der Waals surface area contributed by atoms with E-state index in [-0.39, 0.29) is 30.0 Å². The van der Waals surface area contributed by atoms with E-state index in [2.05, 4.69) is 5.10 Å². The summed E-state index contributed by atoms with van der Waals surface area (Å²) in [4.78, 5) is 40.0. The summed E-state index contributed by atoms with van der Waals surface area (Å²) in [6.45, 7) is 0.559. The van der Waals surface area contributed by atoms with Gasteiger partial charge in [-0.05, 0) is 29.9 Å².